The number of piperidine rings is 1. The van der Waals surface area contributed by atoms with Gasteiger partial charge in [0, 0.05) is 15.8 Å². The zero-order valence-corrected chi connectivity index (χ0v) is 13.3. The van der Waals surface area contributed by atoms with E-state index in [9.17, 15) is 4.79 Å². The van der Waals surface area contributed by atoms with Gasteiger partial charge in [-0.15, -0.1) is 11.3 Å². The zero-order valence-electron chi connectivity index (χ0n) is 12.5. The summed E-state index contributed by atoms with van der Waals surface area (Å²) in [5.41, 5.74) is 0. The Morgan fingerprint density at radius 2 is 2.15 bits per heavy atom. The van der Waals surface area contributed by atoms with Gasteiger partial charge in [-0.05, 0) is 51.4 Å². The van der Waals surface area contributed by atoms with Crippen molar-refractivity contribution in [2.75, 3.05) is 13.1 Å². The fourth-order valence-electron chi connectivity index (χ4n) is 2.99. The Kier molecular flexibility index (Phi) is 5.61. The van der Waals surface area contributed by atoms with Gasteiger partial charge in [0.2, 0.25) is 0 Å². The van der Waals surface area contributed by atoms with Gasteiger partial charge in [-0.3, -0.25) is 9.69 Å². The summed E-state index contributed by atoms with van der Waals surface area (Å²) in [5, 5.41) is 9.11. The van der Waals surface area contributed by atoms with Gasteiger partial charge in [0.1, 0.15) is 0 Å². The molecule has 1 N–H and O–H groups in total. The summed E-state index contributed by atoms with van der Waals surface area (Å²) in [6, 6.07) is 4.94. The molecule has 1 atom stereocenters. The van der Waals surface area contributed by atoms with Crippen LogP contribution in [0, 0.1) is 12.8 Å². The molecule has 0 aliphatic carbocycles. The van der Waals surface area contributed by atoms with Crippen LogP contribution in [0.3, 0.4) is 0 Å². The fraction of sp³-hybridized carbons (Fsp3) is 0.688. The maximum absolute atomic E-state index is 11.1. The summed E-state index contributed by atoms with van der Waals surface area (Å²) < 4.78 is 0. The van der Waals surface area contributed by atoms with Crippen LogP contribution >= 0.6 is 11.3 Å². The lowest BCUT2D eigenvalue weighted by molar-refractivity contribution is -0.143. The molecule has 2 rings (SSSR count). The normalized spacial score (nSPS) is 19.1. The second-order valence-corrected chi connectivity index (χ2v) is 7.07. The first kappa shape index (κ1) is 15.5. The predicted molar refractivity (Wildman–Crippen MR) is 83.3 cm³/mol. The Morgan fingerprint density at radius 3 is 2.65 bits per heavy atom. The van der Waals surface area contributed by atoms with E-state index in [-0.39, 0.29) is 5.92 Å². The van der Waals surface area contributed by atoms with Crippen LogP contribution in [0.2, 0.25) is 0 Å². The van der Waals surface area contributed by atoms with Crippen molar-refractivity contribution in [3.8, 4) is 0 Å². The molecule has 0 amide bonds. The van der Waals surface area contributed by atoms with E-state index in [4.69, 9.17) is 5.11 Å². The van der Waals surface area contributed by atoms with Gasteiger partial charge in [0.25, 0.3) is 0 Å². The molecule has 112 valence electrons. The monoisotopic (exact) mass is 295 g/mol. The van der Waals surface area contributed by atoms with Gasteiger partial charge < -0.3 is 5.11 Å². The number of hydrogen-bond donors (Lipinski definition) is 1. The molecule has 1 aromatic rings. The van der Waals surface area contributed by atoms with Gasteiger partial charge in [-0.1, -0.05) is 19.8 Å². The van der Waals surface area contributed by atoms with Crippen LogP contribution in [0.4, 0.5) is 0 Å². The molecule has 2 heterocycles. The predicted octanol–water partition coefficient (Wildman–Crippen LogP) is 4.08. The van der Waals surface area contributed by atoms with Crippen molar-refractivity contribution < 1.29 is 9.90 Å². The second kappa shape index (κ2) is 7.23. The number of rotatable bonds is 6. The van der Waals surface area contributed by atoms with Crippen molar-refractivity contribution in [1.82, 2.24) is 4.90 Å². The summed E-state index contributed by atoms with van der Waals surface area (Å²) in [7, 11) is 0. The van der Waals surface area contributed by atoms with Gasteiger partial charge in [-0.2, -0.15) is 0 Å². The summed E-state index contributed by atoms with van der Waals surface area (Å²) in [6.07, 6.45) is 5.23. The third-order valence-corrected chi connectivity index (χ3v) is 5.34. The smallest absolute Gasteiger partial charge is 0.306 e. The third-order valence-electron chi connectivity index (χ3n) is 4.24. The molecular formula is C16H25NO2S. The van der Waals surface area contributed by atoms with Crippen LogP contribution in [-0.2, 0) is 4.79 Å². The maximum atomic E-state index is 11.1. The molecule has 1 aromatic heterocycles. The molecule has 0 aromatic carbocycles. The standard InChI is InChI=1S/C16H25NO2S/c1-3-4-5-14(15-7-6-12(2)20-15)17-10-8-13(9-11-17)16(18)19/h6-7,13-14H,3-5,8-11H2,1-2H3,(H,18,19). The van der Waals surface area contributed by atoms with Gasteiger partial charge in [0.15, 0.2) is 0 Å². The van der Waals surface area contributed by atoms with E-state index in [0.29, 0.717) is 6.04 Å². The second-order valence-electron chi connectivity index (χ2n) is 5.75. The summed E-state index contributed by atoms with van der Waals surface area (Å²) in [6.45, 7) is 6.22. The maximum Gasteiger partial charge on any atom is 0.306 e. The van der Waals surface area contributed by atoms with E-state index in [1.807, 2.05) is 11.3 Å². The Morgan fingerprint density at radius 1 is 1.45 bits per heavy atom. The highest BCUT2D eigenvalue weighted by atomic mass is 32.1. The first-order valence-corrected chi connectivity index (χ1v) is 8.46. The molecule has 1 fully saturated rings. The molecule has 0 saturated carbocycles. The van der Waals surface area contributed by atoms with E-state index in [0.717, 1.165) is 25.9 Å². The molecule has 0 bridgehead atoms. The van der Waals surface area contributed by atoms with Crippen LogP contribution in [0.15, 0.2) is 12.1 Å². The number of aryl methyl sites for hydroxylation is 1. The summed E-state index contributed by atoms with van der Waals surface area (Å²) >= 11 is 1.89. The number of carboxylic acid groups (broad SMARTS) is 1. The quantitative estimate of drug-likeness (QED) is 0.859. The average Bonchev–Trinajstić information content (AvgIpc) is 2.86. The Balaban J connectivity index is 2.02. The summed E-state index contributed by atoms with van der Waals surface area (Å²) in [5.74, 6) is -0.759. The molecule has 0 spiro atoms. The minimum atomic E-state index is -0.623. The van der Waals surface area contributed by atoms with Crippen molar-refractivity contribution in [3.05, 3.63) is 21.9 Å². The highest BCUT2D eigenvalue weighted by Crippen LogP contribution is 2.34. The SMILES string of the molecule is CCCCC(c1ccc(C)s1)N1CCC(C(=O)O)CC1. The first-order chi connectivity index (χ1) is 9.61. The van der Waals surface area contributed by atoms with Crippen LogP contribution in [0.5, 0.6) is 0 Å². The Bertz CT molecular complexity index is 435. The lowest BCUT2D eigenvalue weighted by Crippen LogP contribution is -2.38. The minimum Gasteiger partial charge on any atom is -0.481 e. The lowest BCUT2D eigenvalue weighted by atomic mass is 9.94. The van der Waals surface area contributed by atoms with Crippen LogP contribution < -0.4 is 0 Å². The first-order valence-electron chi connectivity index (χ1n) is 7.65. The molecule has 1 unspecified atom stereocenters. The number of likely N-dealkylation sites (tertiary alicyclic amines) is 1. The number of carbonyl (C=O) groups is 1. The topological polar surface area (TPSA) is 40.5 Å². The molecule has 0 radical (unpaired) electrons. The molecular weight excluding hydrogens is 270 g/mol. The van der Waals surface area contributed by atoms with E-state index >= 15 is 0 Å². The van der Waals surface area contributed by atoms with E-state index < -0.39 is 5.97 Å². The van der Waals surface area contributed by atoms with Gasteiger partial charge in [-0.25, -0.2) is 0 Å². The molecule has 1 aliphatic rings. The van der Waals surface area contributed by atoms with Crippen LogP contribution in [-0.4, -0.2) is 29.1 Å². The van der Waals surface area contributed by atoms with Crippen LogP contribution in [0.25, 0.3) is 0 Å². The Hall–Kier alpha value is -0.870. The number of hydrogen-bond acceptors (Lipinski definition) is 3. The van der Waals surface area contributed by atoms with E-state index in [2.05, 4.69) is 30.9 Å². The highest BCUT2D eigenvalue weighted by Gasteiger charge is 2.29. The molecule has 20 heavy (non-hydrogen) atoms. The summed E-state index contributed by atoms with van der Waals surface area (Å²) in [4.78, 5) is 16.4. The average molecular weight is 295 g/mol. The third kappa shape index (κ3) is 3.83. The molecule has 1 saturated heterocycles. The Labute approximate surface area is 125 Å². The number of thiophene rings is 1. The molecule has 4 heteroatoms. The largest absolute Gasteiger partial charge is 0.481 e. The van der Waals surface area contributed by atoms with Crippen molar-refractivity contribution in [3.63, 3.8) is 0 Å². The fourth-order valence-corrected chi connectivity index (χ4v) is 4.04. The van der Waals surface area contributed by atoms with Crippen molar-refractivity contribution in [2.24, 2.45) is 5.92 Å². The van der Waals surface area contributed by atoms with E-state index in [1.165, 1.54) is 29.0 Å². The zero-order chi connectivity index (χ0) is 14.5. The van der Waals surface area contributed by atoms with Crippen molar-refractivity contribution in [2.45, 2.75) is 52.0 Å². The van der Waals surface area contributed by atoms with Crippen LogP contribution in [0.1, 0.15) is 54.8 Å². The van der Waals surface area contributed by atoms with Gasteiger partial charge >= 0.3 is 5.97 Å². The van der Waals surface area contributed by atoms with Gasteiger partial charge in [0.05, 0.1) is 5.92 Å². The number of carboxylic acids is 1. The molecule has 1 aliphatic heterocycles. The molecule has 3 nitrogen and oxygen atoms in total. The lowest BCUT2D eigenvalue weighted by Gasteiger charge is -2.36. The van der Waals surface area contributed by atoms with Crippen molar-refractivity contribution in [1.29, 1.82) is 0 Å². The highest BCUT2D eigenvalue weighted by molar-refractivity contribution is 7.12. The number of aliphatic carboxylic acids is 1. The van der Waals surface area contributed by atoms with E-state index in [1.54, 1.807) is 0 Å². The number of unbranched alkanes of at least 4 members (excludes halogenated alkanes) is 1. The number of nitrogens with zero attached hydrogens (tertiary/aromatic N) is 1. The minimum absolute atomic E-state index is 0.136. The van der Waals surface area contributed by atoms with Crippen molar-refractivity contribution >= 4 is 17.3 Å².